The summed E-state index contributed by atoms with van der Waals surface area (Å²) >= 11 is -2.02. The summed E-state index contributed by atoms with van der Waals surface area (Å²) in [7, 11) is 3.64. The molecule has 0 radical (unpaired) electrons. The van der Waals surface area contributed by atoms with Gasteiger partial charge in [0.05, 0.1) is 0 Å². The van der Waals surface area contributed by atoms with Gasteiger partial charge in [-0.3, -0.25) is 0 Å². The van der Waals surface area contributed by atoms with Gasteiger partial charge in [-0.05, 0) is 0 Å². The first kappa shape index (κ1) is 8.50. The summed E-state index contributed by atoms with van der Waals surface area (Å²) in [6, 6.07) is 0. The predicted octanol–water partition coefficient (Wildman–Crippen LogP) is 0.696. The van der Waals surface area contributed by atoms with Crippen LogP contribution < -0.4 is 0 Å². The number of rotatable bonds is 0. The fraction of sp³-hybridized carbons (Fsp3) is 0.429. The van der Waals surface area contributed by atoms with Crippen LogP contribution in [-0.4, -0.2) is 36.2 Å². The maximum absolute atomic E-state index is 11.5. The van der Waals surface area contributed by atoms with Crippen LogP contribution in [0.1, 0.15) is 6.92 Å². The Bertz CT molecular complexity index is 247. The normalized spacial score (nSPS) is 25.5. The molecule has 0 spiro atoms. The second kappa shape index (κ2) is 2.80. The minimum absolute atomic E-state index is 0.834. The molecule has 1 unspecified atom stereocenters. The van der Waals surface area contributed by atoms with Crippen LogP contribution in [0.25, 0.3) is 0 Å². The van der Waals surface area contributed by atoms with Crippen LogP contribution in [0.2, 0.25) is 0 Å². The fourth-order valence-corrected chi connectivity index (χ4v) is 2.76. The Balaban J connectivity index is 3.01. The van der Waals surface area contributed by atoms with Gasteiger partial charge in [-0.25, -0.2) is 0 Å². The third-order valence-corrected chi connectivity index (χ3v) is 4.81. The Kier molecular flexibility index (Phi) is 2.16. The SMILES string of the molecule is C=C1C=C(C)N(C)[Se](=O)N1C. The van der Waals surface area contributed by atoms with Crippen molar-refractivity contribution in [1.82, 2.24) is 7.83 Å². The molecule has 1 atom stereocenters. The first-order chi connectivity index (χ1) is 5.04. The fourth-order valence-electron chi connectivity index (χ4n) is 0.830. The van der Waals surface area contributed by atoms with Gasteiger partial charge in [0.1, 0.15) is 0 Å². The standard InChI is InChI=1S/C7H12N2OSe/c1-6-5-7(2)9(4)11(10)8(6)3/h5H,1H2,2-4H3. The molecule has 0 bridgehead atoms. The molecule has 0 N–H and O–H groups in total. The molecule has 0 aliphatic carbocycles. The van der Waals surface area contributed by atoms with E-state index in [2.05, 4.69) is 6.58 Å². The number of allylic oxidation sites excluding steroid dienone is 2. The van der Waals surface area contributed by atoms with E-state index in [0.29, 0.717) is 0 Å². The Morgan fingerprint density at radius 3 is 2.55 bits per heavy atom. The third-order valence-electron chi connectivity index (χ3n) is 1.75. The zero-order valence-electron chi connectivity index (χ0n) is 7.00. The van der Waals surface area contributed by atoms with E-state index in [1.54, 1.807) is 14.9 Å². The zero-order chi connectivity index (χ0) is 8.59. The molecule has 1 heterocycles. The summed E-state index contributed by atoms with van der Waals surface area (Å²) in [5.74, 6) is 0. The van der Waals surface area contributed by atoms with Crippen molar-refractivity contribution in [3.63, 3.8) is 0 Å². The van der Waals surface area contributed by atoms with Crippen molar-refractivity contribution in [2.75, 3.05) is 14.1 Å². The van der Waals surface area contributed by atoms with Gasteiger partial charge in [0.2, 0.25) is 0 Å². The van der Waals surface area contributed by atoms with Crippen molar-refractivity contribution >= 4 is 14.3 Å². The number of likely N-dealkylation sites (N-methyl/N-ethyl adjacent to an activating group) is 1. The van der Waals surface area contributed by atoms with Gasteiger partial charge < -0.3 is 0 Å². The molecule has 62 valence electrons. The molecule has 1 aliphatic heterocycles. The van der Waals surface area contributed by atoms with Crippen LogP contribution in [0.3, 0.4) is 0 Å². The van der Waals surface area contributed by atoms with Crippen molar-refractivity contribution in [2.45, 2.75) is 6.92 Å². The Labute approximate surface area is 71.5 Å². The summed E-state index contributed by atoms with van der Waals surface area (Å²) in [5, 5.41) is 0. The topological polar surface area (TPSA) is 23.6 Å². The van der Waals surface area contributed by atoms with E-state index in [-0.39, 0.29) is 0 Å². The van der Waals surface area contributed by atoms with E-state index in [4.69, 9.17) is 0 Å². The van der Waals surface area contributed by atoms with Crippen molar-refractivity contribution in [1.29, 1.82) is 0 Å². The van der Waals surface area contributed by atoms with E-state index in [0.717, 1.165) is 11.4 Å². The van der Waals surface area contributed by atoms with Crippen LogP contribution in [0.4, 0.5) is 0 Å². The van der Waals surface area contributed by atoms with Crippen molar-refractivity contribution < 1.29 is 3.83 Å². The molecule has 1 aliphatic rings. The Morgan fingerprint density at radius 1 is 1.45 bits per heavy atom. The average Bonchev–Trinajstić information content (AvgIpc) is 1.97. The van der Waals surface area contributed by atoms with E-state index in [1.165, 1.54) is 0 Å². The molecular formula is C7H12N2OSe. The van der Waals surface area contributed by atoms with Crippen molar-refractivity contribution in [3.05, 3.63) is 24.0 Å². The van der Waals surface area contributed by atoms with E-state index in [1.807, 2.05) is 20.0 Å². The van der Waals surface area contributed by atoms with Gasteiger partial charge in [-0.1, -0.05) is 0 Å². The van der Waals surface area contributed by atoms with Gasteiger partial charge in [0.15, 0.2) is 0 Å². The molecule has 0 amide bonds. The first-order valence-corrected chi connectivity index (χ1v) is 5.54. The number of nitrogens with zero attached hydrogens (tertiary/aromatic N) is 2. The van der Waals surface area contributed by atoms with Crippen molar-refractivity contribution in [3.8, 4) is 0 Å². The molecule has 0 aromatic rings. The predicted molar refractivity (Wildman–Crippen MR) is 44.9 cm³/mol. The summed E-state index contributed by atoms with van der Waals surface area (Å²) in [6.45, 7) is 5.72. The second-order valence-corrected chi connectivity index (χ2v) is 5.77. The second-order valence-electron chi connectivity index (χ2n) is 2.50. The summed E-state index contributed by atoms with van der Waals surface area (Å²) in [4.78, 5) is 0. The van der Waals surface area contributed by atoms with Crippen molar-refractivity contribution in [2.24, 2.45) is 0 Å². The summed E-state index contributed by atoms with van der Waals surface area (Å²) in [6.07, 6.45) is 1.93. The first-order valence-electron chi connectivity index (χ1n) is 3.30. The van der Waals surface area contributed by atoms with Gasteiger partial charge >= 0.3 is 71.0 Å². The van der Waals surface area contributed by atoms with Crippen LogP contribution in [-0.2, 0) is 3.83 Å². The summed E-state index contributed by atoms with van der Waals surface area (Å²) in [5.41, 5.74) is 1.86. The van der Waals surface area contributed by atoms with Gasteiger partial charge in [-0.15, -0.1) is 0 Å². The molecule has 1 rings (SSSR count). The van der Waals surface area contributed by atoms with Crippen LogP contribution in [0, 0.1) is 0 Å². The van der Waals surface area contributed by atoms with E-state index in [9.17, 15) is 3.83 Å². The number of hydrogen-bond acceptors (Lipinski definition) is 1. The summed E-state index contributed by atoms with van der Waals surface area (Å²) < 4.78 is 15.0. The molecule has 11 heavy (non-hydrogen) atoms. The third kappa shape index (κ3) is 1.37. The minimum atomic E-state index is -2.02. The van der Waals surface area contributed by atoms with Crippen LogP contribution in [0.5, 0.6) is 0 Å². The molecule has 0 saturated heterocycles. The quantitative estimate of drug-likeness (QED) is 0.560. The monoisotopic (exact) mass is 220 g/mol. The van der Waals surface area contributed by atoms with Gasteiger partial charge in [0, 0.05) is 0 Å². The Morgan fingerprint density at radius 2 is 2.00 bits per heavy atom. The molecule has 4 heteroatoms. The van der Waals surface area contributed by atoms with Crippen LogP contribution in [0.15, 0.2) is 24.0 Å². The molecule has 0 saturated carbocycles. The van der Waals surface area contributed by atoms with E-state index < -0.39 is 14.3 Å². The molecule has 0 aromatic heterocycles. The molecule has 0 aromatic carbocycles. The molecular weight excluding hydrogens is 207 g/mol. The zero-order valence-corrected chi connectivity index (χ0v) is 8.71. The maximum atomic E-state index is 11.5. The van der Waals surface area contributed by atoms with Crippen LogP contribution >= 0.6 is 0 Å². The van der Waals surface area contributed by atoms with Gasteiger partial charge in [-0.2, -0.15) is 0 Å². The molecule has 3 nitrogen and oxygen atoms in total. The average molecular weight is 219 g/mol. The Hall–Kier alpha value is -0.601. The van der Waals surface area contributed by atoms with Gasteiger partial charge in [0.25, 0.3) is 0 Å². The van der Waals surface area contributed by atoms with E-state index >= 15 is 0 Å². The molecule has 0 fully saturated rings. The number of hydrogen-bond donors (Lipinski definition) is 0.